The van der Waals surface area contributed by atoms with Crippen LogP contribution < -0.4 is 10.6 Å². The van der Waals surface area contributed by atoms with Crippen molar-refractivity contribution in [3.63, 3.8) is 0 Å². The number of hydrogen-bond acceptors (Lipinski definition) is 2. The molecule has 0 spiro atoms. The third kappa shape index (κ3) is 5.71. The van der Waals surface area contributed by atoms with Gasteiger partial charge in [-0.1, -0.05) is 56.6 Å². The van der Waals surface area contributed by atoms with Gasteiger partial charge in [0.1, 0.15) is 0 Å². The summed E-state index contributed by atoms with van der Waals surface area (Å²) in [7, 11) is 0. The minimum Gasteiger partial charge on any atom is -0.349 e. The number of carbonyl (C=O) groups excluding carboxylic acids is 1. The molecular weight excluding hydrogens is 402 g/mol. The first-order valence-corrected chi connectivity index (χ1v) is 10.7. The molecule has 6 heteroatoms. The zero-order valence-corrected chi connectivity index (χ0v) is 18.7. The number of likely N-dealkylation sites (tertiary alicyclic amines) is 1. The standard InChI is InChI=1S/C23H28ClN3OS/c1-23(2,3)17-10-8-16(9-11-17)21(28)25-18-12-14-27(15-13-18)22(29)26-20-7-5-4-6-19(20)24/h4-11,18H,12-15H2,1-3H3,(H,25,28)(H,26,29). The number of benzene rings is 2. The van der Waals surface area contributed by atoms with Gasteiger partial charge in [-0.3, -0.25) is 4.79 Å². The van der Waals surface area contributed by atoms with Crippen molar-refractivity contribution in [1.29, 1.82) is 0 Å². The van der Waals surface area contributed by atoms with Crippen molar-refractivity contribution in [2.75, 3.05) is 18.4 Å². The lowest BCUT2D eigenvalue weighted by molar-refractivity contribution is 0.0922. The Morgan fingerprint density at radius 2 is 1.69 bits per heavy atom. The highest BCUT2D eigenvalue weighted by atomic mass is 35.5. The number of nitrogens with zero attached hydrogens (tertiary/aromatic N) is 1. The molecule has 0 bridgehead atoms. The van der Waals surface area contributed by atoms with Crippen LogP contribution in [-0.4, -0.2) is 35.1 Å². The molecule has 0 atom stereocenters. The number of nitrogens with one attached hydrogen (secondary N) is 2. The van der Waals surface area contributed by atoms with Gasteiger partial charge in [0, 0.05) is 24.7 Å². The van der Waals surface area contributed by atoms with E-state index in [4.69, 9.17) is 23.8 Å². The van der Waals surface area contributed by atoms with E-state index in [1.807, 2.05) is 48.5 Å². The second kappa shape index (κ2) is 9.14. The van der Waals surface area contributed by atoms with Crippen LogP contribution in [0.2, 0.25) is 5.02 Å². The fourth-order valence-corrected chi connectivity index (χ4v) is 3.85. The topological polar surface area (TPSA) is 44.4 Å². The lowest BCUT2D eigenvalue weighted by Gasteiger charge is -2.34. The third-order valence-corrected chi connectivity index (χ3v) is 5.94. The maximum atomic E-state index is 12.6. The van der Waals surface area contributed by atoms with E-state index in [0.717, 1.165) is 31.6 Å². The van der Waals surface area contributed by atoms with Gasteiger partial charge in [0.15, 0.2) is 5.11 Å². The number of amides is 1. The number of carbonyl (C=O) groups is 1. The summed E-state index contributed by atoms with van der Waals surface area (Å²) in [5.41, 5.74) is 2.82. The fraction of sp³-hybridized carbons (Fsp3) is 0.391. The van der Waals surface area contributed by atoms with Crippen molar-refractivity contribution in [2.45, 2.75) is 45.1 Å². The van der Waals surface area contributed by atoms with Crippen molar-refractivity contribution < 1.29 is 4.79 Å². The van der Waals surface area contributed by atoms with Crippen molar-refractivity contribution in [3.05, 3.63) is 64.7 Å². The predicted molar refractivity (Wildman–Crippen MR) is 125 cm³/mol. The predicted octanol–water partition coefficient (Wildman–Crippen LogP) is 5.23. The van der Waals surface area contributed by atoms with Gasteiger partial charge in [-0.2, -0.15) is 0 Å². The monoisotopic (exact) mass is 429 g/mol. The van der Waals surface area contributed by atoms with Gasteiger partial charge < -0.3 is 15.5 Å². The van der Waals surface area contributed by atoms with Gasteiger partial charge >= 0.3 is 0 Å². The molecule has 0 aliphatic carbocycles. The Kier molecular flexibility index (Phi) is 6.81. The third-order valence-electron chi connectivity index (χ3n) is 5.25. The van der Waals surface area contributed by atoms with Crippen molar-refractivity contribution >= 4 is 40.5 Å². The van der Waals surface area contributed by atoms with Crippen LogP contribution in [0.4, 0.5) is 5.69 Å². The number of halogens is 1. The van der Waals surface area contributed by atoms with E-state index in [1.54, 1.807) is 0 Å². The van der Waals surface area contributed by atoms with Crippen LogP contribution in [0.15, 0.2) is 48.5 Å². The largest absolute Gasteiger partial charge is 0.349 e. The van der Waals surface area contributed by atoms with Crippen LogP contribution in [0.3, 0.4) is 0 Å². The summed E-state index contributed by atoms with van der Waals surface area (Å²) in [6.07, 6.45) is 1.71. The summed E-state index contributed by atoms with van der Waals surface area (Å²) in [6.45, 7) is 8.09. The fourth-order valence-electron chi connectivity index (χ4n) is 3.37. The van der Waals surface area contributed by atoms with Crippen LogP contribution in [0.25, 0.3) is 0 Å². The minimum atomic E-state index is -0.0133. The molecule has 29 heavy (non-hydrogen) atoms. The molecule has 4 nitrogen and oxygen atoms in total. The summed E-state index contributed by atoms with van der Waals surface area (Å²) >= 11 is 11.7. The maximum Gasteiger partial charge on any atom is 0.251 e. The van der Waals surface area contributed by atoms with Gasteiger partial charge in [-0.15, -0.1) is 0 Å². The highest BCUT2D eigenvalue weighted by Gasteiger charge is 2.23. The second-order valence-corrected chi connectivity index (χ2v) is 9.27. The number of anilines is 1. The lowest BCUT2D eigenvalue weighted by atomic mass is 9.86. The maximum absolute atomic E-state index is 12.6. The average Bonchev–Trinajstić information content (AvgIpc) is 2.69. The van der Waals surface area contributed by atoms with Crippen LogP contribution in [-0.2, 0) is 5.41 Å². The summed E-state index contributed by atoms with van der Waals surface area (Å²) in [6, 6.07) is 15.6. The molecule has 2 aromatic rings. The Hall–Kier alpha value is -2.11. The molecule has 1 aliphatic rings. The van der Waals surface area contributed by atoms with Crippen LogP contribution in [0.1, 0.15) is 49.5 Å². The molecule has 2 N–H and O–H groups in total. The molecule has 2 aromatic carbocycles. The zero-order chi connectivity index (χ0) is 21.0. The summed E-state index contributed by atoms with van der Waals surface area (Å²) < 4.78 is 0. The number of thiocarbonyl (C=S) groups is 1. The average molecular weight is 430 g/mol. The van der Waals surface area contributed by atoms with Crippen LogP contribution in [0, 0.1) is 0 Å². The summed E-state index contributed by atoms with van der Waals surface area (Å²) in [5.74, 6) is -0.0133. The smallest absolute Gasteiger partial charge is 0.251 e. The second-order valence-electron chi connectivity index (χ2n) is 8.47. The highest BCUT2D eigenvalue weighted by molar-refractivity contribution is 7.80. The Morgan fingerprint density at radius 1 is 1.07 bits per heavy atom. The molecule has 0 saturated carbocycles. The normalized spacial score (nSPS) is 15.1. The molecular formula is C23H28ClN3OS. The first-order valence-electron chi connectivity index (χ1n) is 9.96. The van der Waals surface area contributed by atoms with Gasteiger partial charge in [-0.25, -0.2) is 0 Å². The summed E-state index contributed by atoms with van der Waals surface area (Å²) in [4.78, 5) is 14.7. The number of rotatable bonds is 3. The molecule has 154 valence electrons. The molecule has 3 rings (SSSR count). The van der Waals surface area contributed by atoms with Crippen molar-refractivity contribution in [1.82, 2.24) is 10.2 Å². The van der Waals surface area contributed by atoms with Crippen LogP contribution in [0.5, 0.6) is 0 Å². The molecule has 1 amide bonds. The zero-order valence-electron chi connectivity index (χ0n) is 17.2. The molecule has 0 aromatic heterocycles. The van der Waals surface area contributed by atoms with Gasteiger partial charge in [-0.05, 0) is 60.3 Å². The van der Waals surface area contributed by atoms with E-state index >= 15 is 0 Å². The minimum absolute atomic E-state index is 0.0133. The number of hydrogen-bond donors (Lipinski definition) is 2. The van der Waals surface area contributed by atoms with Gasteiger partial charge in [0.2, 0.25) is 0 Å². The Balaban J connectivity index is 1.50. The van der Waals surface area contributed by atoms with Crippen molar-refractivity contribution in [2.24, 2.45) is 0 Å². The Labute approximate surface area is 183 Å². The number of piperidine rings is 1. The van der Waals surface area contributed by atoms with E-state index in [0.29, 0.717) is 15.7 Å². The van der Waals surface area contributed by atoms with E-state index in [-0.39, 0.29) is 17.4 Å². The SMILES string of the molecule is CC(C)(C)c1ccc(C(=O)NC2CCN(C(=S)Nc3ccccc3Cl)CC2)cc1. The first kappa shape index (κ1) is 21.6. The summed E-state index contributed by atoms with van der Waals surface area (Å²) in [5, 5.41) is 7.69. The lowest BCUT2D eigenvalue weighted by Crippen LogP contribution is -2.47. The molecule has 1 heterocycles. The Morgan fingerprint density at radius 3 is 2.28 bits per heavy atom. The van der Waals surface area contributed by atoms with Gasteiger partial charge in [0.25, 0.3) is 5.91 Å². The molecule has 1 saturated heterocycles. The van der Waals surface area contributed by atoms with Crippen LogP contribution >= 0.6 is 23.8 Å². The molecule has 1 fully saturated rings. The molecule has 0 radical (unpaired) electrons. The molecule has 0 unspecified atom stereocenters. The van der Waals surface area contributed by atoms with E-state index in [2.05, 4.69) is 36.3 Å². The first-order chi connectivity index (χ1) is 13.7. The quantitative estimate of drug-likeness (QED) is 0.656. The van der Waals surface area contributed by atoms with Gasteiger partial charge in [0.05, 0.1) is 10.7 Å². The Bertz CT molecular complexity index is 868. The molecule has 1 aliphatic heterocycles. The highest BCUT2D eigenvalue weighted by Crippen LogP contribution is 2.23. The van der Waals surface area contributed by atoms with E-state index in [1.165, 1.54) is 5.56 Å². The number of para-hydroxylation sites is 1. The van der Waals surface area contributed by atoms with E-state index < -0.39 is 0 Å². The van der Waals surface area contributed by atoms with E-state index in [9.17, 15) is 4.79 Å². The van der Waals surface area contributed by atoms with Crippen molar-refractivity contribution in [3.8, 4) is 0 Å².